The molecular weight excluding hydrogens is 271 g/mol. The van der Waals surface area contributed by atoms with Crippen LogP contribution in [0.25, 0.3) is 10.2 Å². The van der Waals surface area contributed by atoms with Gasteiger partial charge < -0.3 is 5.32 Å². The normalized spacial score (nSPS) is 10.9. The lowest BCUT2D eigenvalue weighted by Crippen LogP contribution is -1.95. The molecule has 102 valence electrons. The molecule has 0 saturated heterocycles. The largest absolute Gasteiger partial charge is 0.331 e. The number of fused-ring (bicyclic) bond motifs is 1. The van der Waals surface area contributed by atoms with Gasteiger partial charge in [0.1, 0.15) is 5.82 Å². The molecule has 1 heterocycles. The highest BCUT2D eigenvalue weighted by atomic mass is 32.1. The molecule has 0 atom stereocenters. The van der Waals surface area contributed by atoms with Crippen molar-refractivity contribution in [2.24, 2.45) is 0 Å². The van der Waals surface area contributed by atoms with Crippen LogP contribution in [0.15, 0.2) is 42.5 Å². The van der Waals surface area contributed by atoms with Gasteiger partial charge in [0.25, 0.3) is 0 Å². The topological polar surface area (TPSA) is 24.9 Å². The van der Waals surface area contributed by atoms with Gasteiger partial charge in [-0.1, -0.05) is 42.9 Å². The van der Waals surface area contributed by atoms with Crippen LogP contribution in [0.1, 0.15) is 18.9 Å². The standard InChI is InChI=1S/C16H15FN2S/c1-2-5-11-6-3-4-7-13(11)18-16-19-14-9-8-12(17)10-15(14)20-16/h3-4,6-10H,2,5H2,1H3,(H,18,19). The van der Waals surface area contributed by atoms with E-state index in [2.05, 4.69) is 29.4 Å². The van der Waals surface area contributed by atoms with Gasteiger partial charge in [-0.05, 0) is 36.2 Å². The quantitative estimate of drug-likeness (QED) is 0.719. The molecule has 0 aliphatic rings. The first-order chi connectivity index (χ1) is 9.76. The smallest absolute Gasteiger partial charge is 0.188 e. The molecule has 0 amide bonds. The lowest BCUT2D eigenvalue weighted by molar-refractivity contribution is 0.630. The fraction of sp³-hybridized carbons (Fsp3) is 0.188. The third-order valence-electron chi connectivity index (χ3n) is 3.13. The summed E-state index contributed by atoms with van der Waals surface area (Å²) in [5.41, 5.74) is 3.18. The van der Waals surface area contributed by atoms with Crippen molar-refractivity contribution in [2.45, 2.75) is 19.8 Å². The van der Waals surface area contributed by atoms with Crippen LogP contribution in [0.5, 0.6) is 0 Å². The maximum Gasteiger partial charge on any atom is 0.188 e. The van der Waals surface area contributed by atoms with Crippen LogP contribution in [0.3, 0.4) is 0 Å². The van der Waals surface area contributed by atoms with Gasteiger partial charge in [-0.2, -0.15) is 0 Å². The van der Waals surface area contributed by atoms with Gasteiger partial charge in [-0.25, -0.2) is 9.37 Å². The molecule has 0 radical (unpaired) electrons. The van der Waals surface area contributed by atoms with Gasteiger partial charge in [-0.15, -0.1) is 0 Å². The minimum Gasteiger partial charge on any atom is -0.331 e. The van der Waals surface area contributed by atoms with E-state index in [-0.39, 0.29) is 5.82 Å². The van der Waals surface area contributed by atoms with E-state index < -0.39 is 0 Å². The number of benzene rings is 2. The predicted octanol–water partition coefficient (Wildman–Crippen LogP) is 5.13. The number of aryl methyl sites for hydroxylation is 1. The number of para-hydroxylation sites is 1. The maximum absolute atomic E-state index is 13.2. The van der Waals surface area contributed by atoms with Gasteiger partial charge in [-0.3, -0.25) is 0 Å². The van der Waals surface area contributed by atoms with E-state index in [1.807, 2.05) is 12.1 Å². The summed E-state index contributed by atoms with van der Waals surface area (Å²) in [7, 11) is 0. The number of halogens is 1. The molecule has 1 N–H and O–H groups in total. The van der Waals surface area contributed by atoms with E-state index in [1.165, 1.54) is 29.0 Å². The molecule has 3 aromatic rings. The Balaban J connectivity index is 1.93. The zero-order valence-electron chi connectivity index (χ0n) is 11.2. The number of aromatic nitrogens is 1. The van der Waals surface area contributed by atoms with Crippen molar-refractivity contribution in [3.05, 3.63) is 53.8 Å². The van der Waals surface area contributed by atoms with Crippen molar-refractivity contribution < 1.29 is 4.39 Å². The van der Waals surface area contributed by atoms with Crippen LogP contribution in [-0.4, -0.2) is 4.98 Å². The number of thiazole rings is 1. The molecule has 3 rings (SSSR count). The third kappa shape index (κ3) is 2.65. The van der Waals surface area contributed by atoms with Gasteiger partial charge in [0.2, 0.25) is 0 Å². The molecular formula is C16H15FN2S. The second kappa shape index (κ2) is 5.59. The molecule has 0 fully saturated rings. The second-order valence-electron chi connectivity index (χ2n) is 4.66. The van der Waals surface area contributed by atoms with Crippen LogP contribution in [0, 0.1) is 5.82 Å². The first kappa shape index (κ1) is 13.1. The summed E-state index contributed by atoms with van der Waals surface area (Å²) in [4.78, 5) is 4.49. The summed E-state index contributed by atoms with van der Waals surface area (Å²) in [5.74, 6) is -0.223. The monoisotopic (exact) mass is 286 g/mol. The first-order valence-corrected chi connectivity index (χ1v) is 7.49. The molecule has 2 aromatic carbocycles. The molecule has 0 saturated carbocycles. The Morgan fingerprint density at radius 2 is 2.05 bits per heavy atom. The Morgan fingerprint density at radius 1 is 1.20 bits per heavy atom. The fourth-order valence-corrected chi connectivity index (χ4v) is 3.10. The average Bonchev–Trinajstić information content (AvgIpc) is 2.82. The van der Waals surface area contributed by atoms with E-state index in [0.717, 1.165) is 33.9 Å². The van der Waals surface area contributed by atoms with Gasteiger partial charge in [0.05, 0.1) is 10.2 Å². The van der Waals surface area contributed by atoms with Crippen LogP contribution < -0.4 is 5.32 Å². The molecule has 4 heteroatoms. The van der Waals surface area contributed by atoms with Crippen LogP contribution >= 0.6 is 11.3 Å². The van der Waals surface area contributed by atoms with Crippen molar-refractivity contribution >= 4 is 32.4 Å². The van der Waals surface area contributed by atoms with E-state index >= 15 is 0 Å². The summed E-state index contributed by atoms with van der Waals surface area (Å²) in [5, 5.41) is 4.15. The third-order valence-corrected chi connectivity index (χ3v) is 4.06. The molecule has 20 heavy (non-hydrogen) atoms. The van der Waals surface area contributed by atoms with E-state index in [4.69, 9.17) is 0 Å². The van der Waals surface area contributed by atoms with Crippen LogP contribution in [-0.2, 0) is 6.42 Å². The number of hydrogen-bond acceptors (Lipinski definition) is 3. The van der Waals surface area contributed by atoms with E-state index in [0.29, 0.717) is 0 Å². The highest BCUT2D eigenvalue weighted by Gasteiger charge is 2.07. The molecule has 0 aliphatic heterocycles. The minimum absolute atomic E-state index is 0.223. The second-order valence-corrected chi connectivity index (χ2v) is 5.69. The number of anilines is 2. The van der Waals surface area contributed by atoms with Crippen molar-refractivity contribution in [1.82, 2.24) is 4.98 Å². The Labute approximate surface area is 121 Å². The lowest BCUT2D eigenvalue weighted by atomic mass is 10.1. The molecule has 1 aromatic heterocycles. The first-order valence-electron chi connectivity index (χ1n) is 6.67. The molecule has 0 spiro atoms. The highest BCUT2D eigenvalue weighted by molar-refractivity contribution is 7.22. The lowest BCUT2D eigenvalue weighted by Gasteiger charge is -2.08. The Hall–Kier alpha value is -1.94. The Morgan fingerprint density at radius 3 is 2.90 bits per heavy atom. The molecule has 0 aliphatic carbocycles. The Bertz CT molecular complexity index is 736. The number of nitrogens with zero attached hydrogens (tertiary/aromatic N) is 1. The van der Waals surface area contributed by atoms with Crippen molar-refractivity contribution in [3.63, 3.8) is 0 Å². The number of nitrogens with one attached hydrogen (secondary N) is 1. The zero-order valence-corrected chi connectivity index (χ0v) is 12.0. The summed E-state index contributed by atoms with van der Waals surface area (Å²) < 4.78 is 14.1. The molecule has 2 nitrogen and oxygen atoms in total. The summed E-state index contributed by atoms with van der Waals surface area (Å²) >= 11 is 1.47. The highest BCUT2D eigenvalue weighted by Crippen LogP contribution is 2.30. The average molecular weight is 286 g/mol. The summed E-state index contributed by atoms with van der Waals surface area (Å²) in [6.45, 7) is 2.16. The number of hydrogen-bond donors (Lipinski definition) is 1. The van der Waals surface area contributed by atoms with E-state index in [9.17, 15) is 4.39 Å². The Kier molecular flexibility index (Phi) is 3.65. The summed E-state index contributed by atoms with van der Waals surface area (Å²) in [6.07, 6.45) is 2.13. The minimum atomic E-state index is -0.223. The van der Waals surface area contributed by atoms with Crippen molar-refractivity contribution in [1.29, 1.82) is 0 Å². The van der Waals surface area contributed by atoms with Crippen LogP contribution in [0.4, 0.5) is 15.2 Å². The summed E-state index contributed by atoms with van der Waals surface area (Å²) in [6, 6.07) is 12.9. The van der Waals surface area contributed by atoms with Gasteiger partial charge in [0, 0.05) is 5.69 Å². The van der Waals surface area contributed by atoms with Gasteiger partial charge in [0.15, 0.2) is 5.13 Å². The maximum atomic E-state index is 13.2. The molecule has 0 bridgehead atoms. The van der Waals surface area contributed by atoms with Crippen molar-refractivity contribution in [2.75, 3.05) is 5.32 Å². The zero-order chi connectivity index (χ0) is 13.9. The van der Waals surface area contributed by atoms with Gasteiger partial charge >= 0.3 is 0 Å². The molecule has 0 unspecified atom stereocenters. The fourth-order valence-electron chi connectivity index (χ4n) is 2.20. The predicted molar refractivity (Wildman–Crippen MR) is 83.3 cm³/mol. The van der Waals surface area contributed by atoms with Crippen LogP contribution in [0.2, 0.25) is 0 Å². The van der Waals surface area contributed by atoms with E-state index in [1.54, 1.807) is 6.07 Å². The number of rotatable bonds is 4. The van der Waals surface area contributed by atoms with Crippen molar-refractivity contribution in [3.8, 4) is 0 Å². The SMILES string of the molecule is CCCc1ccccc1Nc1nc2ccc(F)cc2s1.